The summed E-state index contributed by atoms with van der Waals surface area (Å²) in [5, 5.41) is 7.94. The van der Waals surface area contributed by atoms with Crippen molar-refractivity contribution in [1.82, 2.24) is 25.4 Å². The number of carbonyl (C=O) groups is 1. The highest BCUT2D eigenvalue weighted by Crippen LogP contribution is 2.41. The number of piperidine rings is 1. The minimum atomic E-state index is -0.104. The largest absolute Gasteiger partial charge is 0.467 e. The molecule has 0 spiro atoms. The molecule has 39 heavy (non-hydrogen) atoms. The first-order valence-electron chi connectivity index (χ1n) is 13.8. The van der Waals surface area contributed by atoms with Gasteiger partial charge in [-0.25, -0.2) is 9.97 Å². The summed E-state index contributed by atoms with van der Waals surface area (Å²) in [7, 11) is 0. The molecule has 2 aliphatic rings. The summed E-state index contributed by atoms with van der Waals surface area (Å²) in [5.74, 6) is 1.76. The third kappa shape index (κ3) is 5.75. The number of fused-ring (bicyclic) bond motifs is 1. The first kappa shape index (κ1) is 25.7. The lowest BCUT2D eigenvalue weighted by atomic mass is 9.92. The summed E-state index contributed by atoms with van der Waals surface area (Å²) in [6.45, 7) is 7.97. The van der Waals surface area contributed by atoms with Gasteiger partial charge < -0.3 is 19.5 Å². The van der Waals surface area contributed by atoms with Crippen molar-refractivity contribution in [2.45, 2.75) is 64.5 Å². The van der Waals surface area contributed by atoms with Gasteiger partial charge in [0.05, 0.1) is 11.7 Å². The lowest BCUT2D eigenvalue weighted by Gasteiger charge is -2.33. The number of benzene rings is 1. The van der Waals surface area contributed by atoms with E-state index in [9.17, 15) is 4.79 Å². The topological polar surface area (TPSA) is 106 Å². The standard InChI is InChI=1S/C29H34N6O3S/c1-17(2)25-33-28(38-34-25)35-15-13-19(14-16-35)18(3)37-29-31-23-12-11-22(30-27(23)39-29)24(20-9-10-20)32-26(36)21-7-5-4-6-8-21/h4-8,11-12,17-20,24H,9-10,13-16H2,1-3H3,(H,32,36). The Morgan fingerprint density at radius 3 is 2.46 bits per heavy atom. The second-order valence-electron chi connectivity index (χ2n) is 10.9. The van der Waals surface area contributed by atoms with Crippen molar-refractivity contribution in [3.8, 4) is 5.19 Å². The normalized spacial score (nSPS) is 17.9. The van der Waals surface area contributed by atoms with Crippen LogP contribution in [-0.2, 0) is 0 Å². The maximum atomic E-state index is 12.8. The molecular formula is C29H34N6O3S. The van der Waals surface area contributed by atoms with Gasteiger partial charge in [-0.1, -0.05) is 48.5 Å². The van der Waals surface area contributed by atoms with E-state index in [-0.39, 0.29) is 24.0 Å². The number of anilines is 1. The highest BCUT2D eigenvalue weighted by molar-refractivity contribution is 7.19. The molecule has 0 radical (unpaired) electrons. The predicted octanol–water partition coefficient (Wildman–Crippen LogP) is 5.76. The Kier molecular flexibility index (Phi) is 7.20. The molecule has 9 nitrogen and oxygen atoms in total. The van der Waals surface area contributed by atoms with Crippen molar-refractivity contribution in [1.29, 1.82) is 0 Å². The molecule has 2 atom stereocenters. The number of ether oxygens (including phenoxy) is 1. The molecule has 3 aromatic heterocycles. The maximum Gasteiger partial charge on any atom is 0.324 e. The molecule has 1 saturated heterocycles. The molecule has 2 unspecified atom stereocenters. The Hall–Kier alpha value is -3.53. The molecule has 204 valence electrons. The molecule has 2 fully saturated rings. The lowest BCUT2D eigenvalue weighted by Crippen LogP contribution is -2.38. The summed E-state index contributed by atoms with van der Waals surface area (Å²) < 4.78 is 11.8. The first-order chi connectivity index (χ1) is 18.9. The second kappa shape index (κ2) is 10.9. The zero-order valence-corrected chi connectivity index (χ0v) is 23.4. The smallest absolute Gasteiger partial charge is 0.324 e. The molecule has 0 bridgehead atoms. The van der Waals surface area contributed by atoms with Crippen LogP contribution in [0.3, 0.4) is 0 Å². The van der Waals surface area contributed by atoms with Crippen LogP contribution in [0.5, 0.6) is 5.19 Å². The lowest BCUT2D eigenvalue weighted by molar-refractivity contribution is 0.0930. The van der Waals surface area contributed by atoms with E-state index in [1.54, 1.807) is 0 Å². The zero-order chi connectivity index (χ0) is 26.9. The monoisotopic (exact) mass is 546 g/mol. The number of pyridine rings is 1. The van der Waals surface area contributed by atoms with Crippen LogP contribution in [0.25, 0.3) is 10.3 Å². The Morgan fingerprint density at radius 1 is 1.00 bits per heavy atom. The Balaban J connectivity index is 1.09. The number of carbonyl (C=O) groups excluding carboxylic acids is 1. The van der Waals surface area contributed by atoms with Crippen molar-refractivity contribution < 1.29 is 14.1 Å². The molecule has 1 aliphatic carbocycles. The number of rotatable bonds is 9. The fourth-order valence-corrected chi connectivity index (χ4v) is 6.00. The molecule has 1 saturated carbocycles. The first-order valence-corrected chi connectivity index (χ1v) is 14.6. The number of amides is 1. The summed E-state index contributed by atoms with van der Waals surface area (Å²) in [6, 6.07) is 13.8. The van der Waals surface area contributed by atoms with Gasteiger partial charge in [0.25, 0.3) is 11.1 Å². The van der Waals surface area contributed by atoms with Gasteiger partial charge in [-0.15, -0.1) is 0 Å². The van der Waals surface area contributed by atoms with Gasteiger partial charge in [0, 0.05) is 24.6 Å². The highest BCUT2D eigenvalue weighted by atomic mass is 32.1. The van der Waals surface area contributed by atoms with Gasteiger partial charge in [-0.05, 0) is 68.7 Å². The number of hydrogen-bond donors (Lipinski definition) is 1. The molecule has 1 aliphatic heterocycles. The molecule has 4 heterocycles. The number of nitrogens with one attached hydrogen (secondary N) is 1. The van der Waals surface area contributed by atoms with E-state index in [1.807, 2.05) is 42.5 Å². The molecule has 1 N–H and O–H groups in total. The summed E-state index contributed by atoms with van der Waals surface area (Å²) in [5.41, 5.74) is 2.36. The fraction of sp³-hybridized carbons (Fsp3) is 0.483. The summed E-state index contributed by atoms with van der Waals surface area (Å²) >= 11 is 1.47. The van der Waals surface area contributed by atoms with Crippen LogP contribution in [-0.4, -0.2) is 45.2 Å². The van der Waals surface area contributed by atoms with Gasteiger partial charge >= 0.3 is 6.01 Å². The van der Waals surface area contributed by atoms with Crippen molar-refractivity contribution in [3.05, 3.63) is 59.5 Å². The highest BCUT2D eigenvalue weighted by Gasteiger charge is 2.35. The number of thiazole rings is 1. The predicted molar refractivity (Wildman–Crippen MR) is 150 cm³/mol. The van der Waals surface area contributed by atoms with E-state index in [0.29, 0.717) is 28.6 Å². The molecular weight excluding hydrogens is 512 g/mol. The quantitative estimate of drug-likeness (QED) is 0.282. The molecule has 1 aromatic carbocycles. The molecule has 1 amide bonds. The van der Waals surface area contributed by atoms with E-state index < -0.39 is 0 Å². The average molecular weight is 547 g/mol. The van der Waals surface area contributed by atoms with Crippen molar-refractivity contribution in [2.75, 3.05) is 18.0 Å². The molecule has 4 aromatic rings. The summed E-state index contributed by atoms with van der Waals surface area (Å²) in [4.78, 5) is 30.0. The second-order valence-corrected chi connectivity index (χ2v) is 11.9. The van der Waals surface area contributed by atoms with E-state index in [1.165, 1.54) is 11.3 Å². The van der Waals surface area contributed by atoms with Gasteiger partial charge in [0.2, 0.25) is 0 Å². The summed E-state index contributed by atoms with van der Waals surface area (Å²) in [6.07, 6.45) is 4.19. The SMILES string of the molecule is CC(C)c1noc(N2CCC(C(C)Oc3nc4ccc(C(NC(=O)c5ccccc5)C5CC5)nc4s3)CC2)n1. The van der Waals surface area contributed by atoms with Crippen molar-refractivity contribution in [2.24, 2.45) is 11.8 Å². The van der Waals surface area contributed by atoms with E-state index >= 15 is 0 Å². The van der Waals surface area contributed by atoms with Crippen LogP contribution in [0.1, 0.15) is 80.3 Å². The Labute approximate surface area is 232 Å². The van der Waals surface area contributed by atoms with Gasteiger partial charge in [-0.3, -0.25) is 4.79 Å². The third-order valence-corrected chi connectivity index (χ3v) is 8.56. The van der Waals surface area contributed by atoms with Crippen LogP contribution in [0.15, 0.2) is 47.0 Å². The van der Waals surface area contributed by atoms with Crippen molar-refractivity contribution >= 4 is 33.6 Å². The number of nitrogens with zero attached hydrogens (tertiary/aromatic N) is 5. The van der Waals surface area contributed by atoms with E-state index in [0.717, 1.165) is 60.6 Å². The molecule has 6 rings (SSSR count). The number of hydrogen-bond acceptors (Lipinski definition) is 9. The average Bonchev–Trinajstić information content (AvgIpc) is 3.52. The zero-order valence-electron chi connectivity index (χ0n) is 22.5. The third-order valence-electron chi connectivity index (χ3n) is 7.70. The van der Waals surface area contributed by atoms with Crippen LogP contribution in [0, 0.1) is 11.8 Å². The maximum absolute atomic E-state index is 12.8. The van der Waals surface area contributed by atoms with Crippen LogP contribution in [0.4, 0.5) is 6.01 Å². The molecule has 10 heteroatoms. The number of aromatic nitrogens is 4. The Bertz CT molecular complexity index is 1430. The minimum Gasteiger partial charge on any atom is -0.467 e. The Morgan fingerprint density at radius 2 is 1.77 bits per heavy atom. The van der Waals surface area contributed by atoms with Gasteiger partial charge in [-0.2, -0.15) is 4.98 Å². The van der Waals surface area contributed by atoms with Gasteiger partial charge in [0.15, 0.2) is 5.82 Å². The van der Waals surface area contributed by atoms with Crippen LogP contribution >= 0.6 is 11.3 Å². The minimum absolute atomic E-state index is 0.0328. The van der Waals surface area contributed by atoms with E-state index in [2.05, 4.69) is 41.1 Å². The fourth-order valence-electron chi connectivity index (χ4n) is 5.12. The van der Waals surface area contributed by atoms with E-state index in [4.69, 9.17) is 19.2 Å². The van der Waals surface area contributed by atoms with Crippen molar-refractivity contribution in [3.63, 3.8) is 0 Å². The van der Waals surface area contributed by atoms with Crippen LogP contribution < -0.4 is 15.0 Å². The van der Waals surface area contributed by atoms with Crippen LogP contribution in [0.2, 0.25) is 0 Å². The van der Waals surface area contributed by atoms with Gasteiger partial charge in [0.1, 0.15) is 16.5 Å².